The third-order valence-corrected chi connectivity index (χ3v) is 4.61. The normalized spacial score (nSPS) is 13.5. The van der Waals surface area contributed by atoms with Gasteiger partial charge in [0.2, 0.25) is 0 Å². The molecule has 1 atom stereocenters. The molecule has 1 aromatic rings. The summed E-state index contributed by atoms with van der Waals surface area (Å²) >= 11 is 1.88. The Balaban J connectivity index is 2.26. The average Bonchev–Trinajstić information content (AvgIpc) is 2.51. The van der Waals surface area contributed by atoms with E-state index in [-0.39, 0.29) is 0 Å². The highest BCUT2D eigenvalue weighted by atomic mass is 32.2. The van der Waals surface area contributed by atoms with Gasteiger partial charge < -0.3 is 15.5 Å². The molecule has 1 unspecified atom stereocenters. The number of thioether (sulfide) groups is 1. The van der Waals surface area contributed by atoms with Crippen LogP contribution in [0.3, 0.4) is 0 Å². The molecule has 0 aliphatic heterocycles. The van der Waals surface area contributed by atoms with Crippen molar-refractivity contribution in [2.75, 3.05) is 33.7 Å². The van der Waals surface area contributed by atoms with E-state index in [1.807, 2.05) is 24.9 Å². The number of guanidine groups is 1. The Hall–Kier alpha value is -1.20. The fraction of sp³-hybridized carbons (Fsp3) is 0.588. The molecule has 0 radical (unpaired) electrons. The summed E-state index contributed by atoms with van der Waals surface area (Å²) in [5.74, 6) is 0.873. The van der Waals surface area contributed by atoms with Gasteiger partial charge in [-0.3, -0.25) is 4.99 Å². The van der Waals surface area contributed by atoms with Crippen molar-refractivity contribution in [1.29, 1.82) is 0 Å². The molecule has 0 aliphatic rings. The van der Waals surface area contributed by atoms with Crippen LogP contribution in [0.15, 0.2) is 40.2 Å². The number of hydrogen-bond donors (Lipinski definition) is 2. The van der Waals surface area contributed by atoms with Crippen molar-refractivity contribution < 1.29 is 0 Å². The summed E-state index contributed by atoms with van der Waals surface area (Å²) in [4.78, 5) is 7.89. The largest absolute Gasteiger partial charge is 0.355 e. The van der Waals surface area contributed by atoms with E-state index in [0.29, 0.717) is 11.3 Å². The third-order valence-electron chi connectivity index (χ3n) is 3.50. The molecule has 22 heavy (non-hydrogen) atoms. The summed E-state index contributed by atoms with van der Waals surface area (Å²) in [7, 11) is 3.96. The van der Waals surface area contributed by atoms with Crippen molar-refractivity contribution in [3.63, 3.8) is 0 Å². The molecular weight excluding hydrogens is 292 g/mol. The van der Waals surface area contributed by atoms with Crippen LogP contribution >= 0.6 is 11.8 Å². The summed E-state index contributed by atoms with van der Waals surface area (Å²) < 4.78 is 0. The molecule has 124 valence electrons. The maximum absolute atomic E-state index is 4.28. The fourth-order valence-corrected chi connectivity index (χ4v) is 2.79. The molecule has 4 nitrogen and oxygen atoms in total. The molecule has 1 rings (SSSR count). The number of aliphatic imine (C=N–C) groups is 1. The second kappa shape index (κ2) is 10.5. The summed E-state index contributed by atoms with van der Waals surface area (Å²) in [5.41, 5.74) is 0. The van der Waals surface area contributed by atoms with Crippen molar-refractivity contribution in [2.45, 2.75) is 37.0 Å². The van der Waals surface area contributed by atoms with Gasteiger partial charge in [-0.2, -0.15) is 0 Å². The van der Waals surface area contributed by atoms with E-state index < -0.39 is 0 Å². The standard InChI is InChI=1S/C17H30N4S/c1-14(2)21(5)12-11-19-17(18-4)20-13-15(3)22-16-9-7-6-8-10-16/h6-10,14-15H,11-13H2,1-5H3,(H2,18,19,20). The van der Waals surface area contributed by atoms with Gasteiger partial charge in [-0.25, -0.2) is 0 Å². The van der Waals surface area contributed by atoms with Gasteiger partial charge in [0.25, 0.3) is 0 Å². The lowest BCUT2D eigenvalue weighted by atomic mass is 10.3. The minimum atomic E-state index is 0.485. The molecule has 0 aromatic heterocycles. The van der Waals surface area contributed by atoms with Crippen molar-refractivity contribution in [3.05, 3.63) is 30.3 Å². The van der Waals surface area contributed by atoms with E-state index in [1.54, 1.807) is 0 Å². The fourth-order valence-electron chi connectivity index (χ4n) is 1.84. The summed E-state index contributed by atoms with van der Waals surface area (Å²) in [6, 6.07) is 11.1. The molecule has 0 aliphatic carbocycles. The first-order valence-corrected chi connectivity index (χ1v) is 8.77. The van der Waals surface area contributed by atoms with Crippen LogP contribution in [0.4, 0.5) is 0 Å². The Bertz CT molecular complexity index is 434. The predicted molar refractivity (Wildman–Crippen MR) is 98.9 cm³/mol. The van der Waals surface area contributed by atoms with Crippen molar-refractivity contribution in [3.8, 4) is 0 Å². The highest BCUT2D eigenvalue weighted by molar-refractivity contribution is 8.00. The Morgan fingerprint density at radius 3 is 2.45 bits per heavy atom. The van der Waals surface area contributed by atoms with Gasteiger partial charge in [0.1, 0.15) is 0 Å². The molecule has 0 saturated carbocycles. The van der Waals surface area contributed by atoms with Gasteiger partial charge in [0, 0.05) is 42.9 Å². The van der Waals surface area contributed by atoms with E-state index in [4.69, 9.17) is 0 Å². The van der Waals surface area contributed by atoms with Crippen LogP contribution in [0.25, 0.3) is 0 Å². The molecule has 0 bridgehead atoms. The molecular formula is C17H30N4S. The Morgan fingerprint density at radius 2 is 1.86 bits per heavy atom. The summed E-state index contributed by atoms with van der Waals surface area (Å²) in [6.07, 6.45) is 0. The van der Waals surface area contributed by atoms with E-state index >= 15 is 0 Å². The highest BCUT2D eigenvalue weighted by Gasteiger charge is 2.06. The van der Waals surface area contributed by atoms with Gasteiger partial charge in [0.15, 0.2) is 5.96 Å². The number of likely N-dealkylation sites (N-methyl/N-ethyl adjacent to an activating group) is 1. The van der Waals surface area contributed by atoms with Gasteiger partial charge >= 0.3 is 0 Å². The van der Waals surface area contributed by atoms with Crippen molar-refractivity contribution in [1.82, 2.24) is 15.5 Å². The Labute approximate surface area is 139 Å². The first-order valence-electron chi connectivity index (χ1n) is 7.89. The predicted octanol–water partition coefficient (Wildman–Crippen LogP) is 2.67. The van der Waals surface area contributed by atoms with Crippen LogP contribution in [0.2, 0.25) is 0 Å². The van der Waals surface area contributed by atoms with Gasteiger partial charge in [-0.1, -0.05) is 25.1 Å². The number of rotatable bonds is 8. The smallest absolute Gasteiger partial charge is 0.191 e. The first kappa shape index (κ1) is 18.8. The molecule has 0 spiro atoms. The topological polar surface area (TPSA) is 39.7 Å². The maximum Gasteiger partial charge on any atom is 0.191 e. The molecule has 0 amide bonds. The molecule has 5 heteroatoms. The van der Waals surface area contributed by atoms with Gasteiger partial charge in [-0.05, 0) is 33.0 Å². The maximum atomic E-state index is 4.28. The van der Waals surface area contributed by atoms with E-state index in [9.17, 15) is 0 Å². The second-order valence-electron chi connectivity index (χ2n) is 5.70. The monoisotopic (exact) mass is 322 g/mol. The number of nitrogens with one attached hydrogen (secondary N) is 2. The first-order chi connectivity index (χ1) is 10.5. The zero-order valence-electron chi connectivity index (χ0n) is 14.5. The lowest BCUT2D eigenvalue weighted by Gasteiger charge is -2.22. The molecule has 0 fully saturated rings. The second-order valence-corrected chi connectivity index (χ2v) is 7.21. The molecule has 1 aromatic carbocycles. The summed E-state index contributed by atoms with van der Waals surface area (Å²) in [6.45, 7) is 9.43. The minimum Gasteiger partial charge on any atom is -0.355 e. The number of nitrogens with zero attached hydrogens (tertiary/aromatic N) is 2. The third kappa shape index (κ3) is 7.71. The van der Waals surface area contributed by atoms with Crippen LogP contribution in [0.1, 0.15) is 20.8 Å². The quantitative estimate of drug-likeness (QED) is 0.438. The number of hydrogen-bond acceptors (Lipinski definition) is 3. The number of benzene rings is 1. The van der Waals surface area contributed by atoms with Gasteiger partial charge in [0.05, 0.1) is 0 Å². The van der Waals surface area contributed by atoms with Crippen molar-refractivity contribution in [2.24, 2.45) is 4.99 Å². The lowest BCUT2D eigenvalue weighted by molar-refractivity contribution is 0.278. The molecule has 0 heterocycles. The van der Waals surface area contributed by atoms with E-state index in [2.05, 4.69) is 72.6 Å². The van der Waals surface area contributed by atoms with Gasteiger partial charge in [-0.15, -0.1) is 11.8 Å². The van der Waals surface area contributed by atoms with Crippen LogP contribution < -0.4 is 10.6 Å². The van der Waals surface area contributed by atoms with E-state index in [1.165, 1.54) is 4.90 Å². The molecule has 2 N–H and O–H groups in total. The average molecular weight is 323 g/mol. The Kier molecular flexibility index (Phi) is 9.01. The zero-order chi connectivity index (χ0) is 16.4. The van der Waals surface area contributed by atoms with Crippen LogP contribution in [-0.4, -0.2) is 55.9 Å². The summed E-state index contributed by atoms with van der Waals surface area (Å²) in [5, 5.41) is 7.24. The lowest BCUT2D eigenvalue weighted by Crippen LogP contribution is -2.43. The Morgan fingerprint density at radius 1 is 1.18 bits per heavy atom. The molecule has 0 saturated heterocycles. The van der Waals surface area contributed by atoms with Crippen LogP contribution in [0, 0.1) is 0 Å². The zero-order valence-corrected chi connectivity index (χ0v) is 15.3. The van der Waals surface area contributed by atoms with Crippen LogP contribution in [0.5, 0.6) is 0 Å². The minimum absolute atomic E-state index is 0.485. The van der Waals surface area contributed by atoms with E-state index in [0.717, 1.165) is 25.6 Å². The van der Waals surface area contributed by atoms with Crippen LogP contribution in [-0.2, 0) is 0 Å². The highest BCUT2D eigenvalue weighted by Crippen LogP contribution is 2.21. The SMILES string of the molecule is CN=C(NCCN(C)C(C)C)NCC(C)Sc1ccccc1. The van der Waals surface area contributed by atoms with Crippen molar-refractivity contribution >= 4 is 17.7 Å².